The van der Waals surface area contributed by atoms with Gasteiger partial charge in [-0.15, -0.1) is 0 Å². The average Bonchev–Trinajstić information content (AvgIpc) is 2.52. The molecule has 1 amide bonds. The van der Waals surface area contributed by atoms with Gasteiger partial charge in [-0.3, -0.25) is 4.79 Å². The minimum absolute atomic E-state index is 0.0888. The zero-order chi connectivity index (χ0) is 16.0. The monoisotopic (exact) mass is 367 g/mol. The molecule has 2 N–H and O–H groups in total. The van der Waals surface area contributed by atoms with E-state index >= 15 is 0 Å². The Morgan fingerprint density at radius 3 is 2.77 bits per heavy atom. The van der Waals surface area contributed by atoms with Crippen molar-refractivity contribution in [1.82, 2.24) is 15.5 Å². The Hall–Kier alpha value is -0.910. The SMILES string of the molecule is CC(C)(C(=O)NCCCN1CCNCC1)c1cccc(Br)c1. The normalized spacial score (nSPS) is 16.5. The van der Waals surface area contributed by atoms with Gasteiger partial charge < -0.3 is 15.5 Å². The first-order valence-electron chi connectivity index (χ1n) is 7.97. The number of hydrogen-bond acceptors (Lipinski definition) is 3. The van der Waals surface area contributed by atoms with Gasteiger partial charge in [-0.05, 0) is 44.5 Å². The van der Waals surface area contributed by atoms with Crippen molar-refractivity contribution in [2.24, 2.45) is 0 Å². The fraction of sp³-hybridized carbons (Fsp3) is 0.588. The highest BCUT2D eigenvalue weighted by Gasteiger charge is 2.29. The number of piperazine rings is 1. The van der Waals surface area contributed by atoms with Gasteiger partial charge in [0.25, 0.3) is 0 Å². The fourth-order valence-electron chi connectivity index (χ4n) is 2.67. The lowest BCUT2D eigenvalue weighted by Crippen LogP contribution is -2.45. The molecule has 0 unspecified atom stereocenters. The van der Waals surface area contributed by atoms with Crippen molar-refractivity contribution in [2.45, 2.75) is 25.7 Å². The molecular weight excluding hydrogens is 342 g/mol. The number of benzene rings is 1. The molecule has 2 rings (SSSR count). The van der Waals surface area contributed by atoms with E-state index in [9.17, 15) is 4.79 Å². The van der Waals surface area contributed by atoms with Crippen LogP contribution in [-0.2, 0) is 10.2 Å². The maximum absolute atomic E-state index is 12.5. The van der Waals surface area contributed by atoms with Crippen LogP contribution in [0.3, 0.4) is 0 Å². The number of hydrogen-bond donors (Lipinski definition) is 2. The molecule has 1 aliphatic heterocycles. The van der Waals surface area contributed by atoms with Gasteiger partial charge in [0.05, 0.1) is 5.41 Å². The van der Waals surface area contributed by atoms with Crippen LogP contribution in [-0.4, -0.2) is 50.1 Å². The lowest BCUT2D eigenvalue weighted by Gasteiger charge is -2.28. The molecule has 0 atom stereocenters. The Morgan fingerprint density at radius 2 is 2.09 bits per heavy atom. The Morgan fingerprint density at radius 1 is 1.36 bits per heavy atom. The fourth-order valence-corrected chi connectivity index (χ4v) is 3.07. The lowest BCUT2D eigenvalue weighted by molar-refractivity contribution is -0.125. The predicted octanol–water partition coefficient (Wildman–Crippen LogP) is 2.14. The summed E-state index contributed by atoms with van der Waals surface area (Å²) in [4.78, 5) is 14.9. The van der Waals surface area contributed by atoms with Crippen LogP contribution in [0.25, 0.3) is 0 Å². The van der Waals surface area contributed by atoms with E-state index in [4.69, 9.17) is 0 Å². The van der Waals surface area contributed by atoms with E-state index in [-0.39, 0.29) is 5.91 Å². The van der Waals surface area contributed by atoms with Crippen LogP contribution >= 0.6 is 15.9 Å². The molecule has 1 heterocycles. The topological polar surface area (TPSA) is 44.4 Å². The smallest absolute Gasteiger partial charge is 0.230 e. The first kappa shape index (κ1) is 17.4. The molecule has 0 radical (unpaired) electrons. The summed E-state index contributed by atoms with van der Waals surface area (Å²) in [6, 6.07) is 7.97. The predicted molar refractivity (Wildman–Crippen MR) is 94.1 cm³/mol. The van der Waals surface area contributed by atoms with Crippen LogP contribution in [0.4, 0.5) is 0 Å². The lowest BCUT2D eigenvalue weighted by atomic mass is 9.84. The standard InChI is InChI=1S/C17H26BrN3O/c1-17(2,14-5-3-6-15(18)13-14)16(22)20-7-4-10-21-11-8-19-9-12-21/h3,5-6,13,19H,4,7-12H2,1-2H3,(H,20,22). The summed E-state index contributed by atoms with van der Waals surface area (Å²) in [5.74, 6) is 0.0888. The minimum Gasteiger partial charge on any atom is -0.355 e. The molecule has 1 aromatic rings. The molecule has 1 fully saturated rings. The molecule has 1 aromatic carbocycles. The summed E-state index contributed by atoms with van der Waals surface area (Å²) in [6.45, 7) is 10.1. The molecular formula is C17H26BrN3O. The zero-order valence-electron chi connectivity index (χ0n) is 13.5. The molecule has 0 aliphatic carbocycles. The second-order valence-corrected chi connectivity index (χ2v) is 7.25. The Kier molecular flexibility index (Phi) is 6.41. The van der Waals surface area contributed by atoms with Crippen LogP contribution in [0.5, 0.6) is 0 Å². The van der Waals surface area contributed by atoms with Gasteiger partial charge >= 0.3 is 0 Å². The molecule has 0 saturated carbocycles. The quantitative estimate of drug-likeness (QED) is 0.757. The van der Waals surface area contributed by atoms with E-state index in [1.165, 1.54) is 0 Å². The molecule has 1 aliphatic rings. The van der Waals surface area contributed by atoms with Gasteiger partial charge in [0.15, 0.2) is 0 Å². The van der Waals surface area contributed by atoms with Crippen LogP contribution in [0, 0.1) is 0 Å². The van der Waals surface area contributed by atoms with E-state index < -0.39 is 5.41 Å². The first-order valence-corrected chi connectivity index (χ1v) is 8.77. The summed E-state index contributed by atoms with van der Waals surface area (Å²) in [5.41, 5.74) is 0.514. The largest absolute Gasteiger partial charge is 0.355 e. The third-order valence-corrected chi connectivity index (χ3v) is 4.75. The number of carbonyl (C=O) groups is 1. The molecule has 4 nitrogen and oxygen atoms in total. The van der Waals surface area contributed by atoms with Crippen molar-refractivity contribution in [3.63, 3.8) is 0 Å². The van der Waals surface area contributed by atoms with Crippen molar-refractivity contribution in [1.29, 1.82) is 0 Å². The maximum Gasteiger partial charge on any atom is 0.230 e. The molecule has 0 bridgehead atoms. The molecule has 1 saturated heterocycles. The highest BCUT2D eigenvalue weighted by molar-refractivity contribution is 9.10. The van der Waals surface area contributed by atoms with Crippen molar-refractivity contribution < 1.29 is 4.79 Å². The van der Waals surface area contributed by atoms with Crippen LogP contribution in [0.1, 0.15) is 25.8 Å². The van der Waals surface area contributed by atoms with Gasteiger partial charge in [-0.1, -0.05) is 28.1 Å². The number of nitrogens with zero attached hydrogens (tertiary/aromatic N) is 1. The summed E-state index contributed by atoms with van der Waals surface area (Å²) in [5, 5.41) is 6.43. The van der Waals surface area contributed by atoms with E-state index in [1.54, 1.807) is 0 Å². The summed E-state index contributed by atoms with van der Waals surface area (Å²) in [6.07, 6.45) is 1.00. The third kappa shape index (κ3) is 4.80. The highest BCUT2D eigenvalue weighted by Crippen LogP contribution is 2.25. The number of rotatable bonds is 6. The molecule has 5 heteroatoms. The van der Waals surface area contributed by atoms with Crippen LogP contribution < -0.4 is 10.6 Å². The number of halogens is 1. The molecule has 22 heavy (non-hydrogen) atoms. The van der Waals surface area contributed by atoms with E-state index in [0.717, 1.165) is 55.7 Å². The maximum atomic E-state index is 12.5. The average molecular weight is 368 g/mol. The summed E-state index contributed by atoms with van der Waals surface area (Å²) < 4.78 is 1.00. The third-order valence-electron chi connectivity index (χ3n) is 4.26. The van der Waals surface area contributed by atoms with Crippen molar-refractivity contribution in [3.8, 4) is 0 Å². The van der Waals surface area contributed by atoms with Gasteiger partial charge in [-0.2, -0.15) is 0 Å². The van der Waals surface area contributed by atoms with Gasteiger partial charge in [0.2, 0.25) is 5.91 Å². The molecule has 0 aromatic heterocycles. The molecule has 0 spiro atoms. The Balaban J connectivity index is 1.78. The highest BCUT2D eigenvalue weighted by atomic mass is 79.9. The Bertz CT molecular complexity index is 498. The second-order valence-electron chi connectivity index (χ2n) is 6.34. The van der Waals surface area contributed by atoms with Crippen LogP contribution in [0.15, 0.2) is 28.7 Å². The second kappa shape index (κ2) is 8.09. The Labute approximate surface area is 141 Å². The summed E-state index contributed by atoms with van der Waals surface area (Å²) >= 11 is 3.47. The van der Waals surface area contributed by atoms with Crippen molar-refractivity contribution in [3.05, 3.63) is 34.3 Å². The first-order chi connectivity index (χ1) is 10.5. The minimum atomic E-state index is -0.515. The summed E-state index contributed by atoms with van der Waals surface area (Å²) in [7, 11) is 0. The van der Waals surface area contributed by atoms with Crippen LogP contribution in [0.2, 0.25) is 0 Å². The van der Waals surface area contributed by atoms with Gasteiger partial charge in [-0.25, -0.2) is 0 Å². The number of nitrogens with one attached hydrogen (secondary N) is 2. The number of amides is 1. The zero-order valence-corrected chi connectivity index (χ0v) is 15.1. The van der Waals surface area contributed by atoms with E-state index in [0.29, 0.717) is 0 Å². The van der Waals surface area contributed by atoms with E-state index in [2.05, 4.69) is 31.5 Å². The number of carbonyl (C=O) groups excluding carboxylic acids is 1. The van der Waals surface area contributed by atoms with Crippen molar-refractivity contribution in [2.75, 3.05) is 39.3 Å². The van der Waals surface area contributed by atoms with Gasteiger partial charge in [0, 0.05) is 37.2 Å². The van der Waals surface area contributed by atoms with E-state index in [1.807, 2.05) is 38.1 Å². The van der Waals surface area contributed by atoms with Gasteiger partial charge in [0.1, 0.15) is 0 Å². The van der Waals surface area contributed by atoms with Crippen molar-refractivity contribution >= 4 is 21.8 Å². The molecule has 122 valence electrons.